The van der Waals surface area contributed by atoms with Crippen LogP contribution in [0.1, 0.15) is 38.5 Å². The van der Waals surface area contributed by atoms with Crippen molar-refractivity contribution >= 4 is 17.6 Å². The zero-order valence-electron chi connectivity index (χ0n) is 17.9. The largest absolute Gasteiger partial charge is 0.497 e. The van der Waals surface area contributed by atoms with Crippen molar-refractivity contribution in [3.8, 4) is 5.75 Å². The highest BCUT2D eigenvalue weighted by molar-refractivity contribution is 5.89. The van der Waals surface area contributed by atoms with E-state index in [1.54, 1.807) is 31.4 Å². The maximum Gasteiger partial charge on any atom is 0.319 e. The standard InChI is InChI=1S/C22H34N4O4/c1-29-19-7-5-18(6-8-19)25-21(28)23-12-9-20(27)24-17-22(10-3-2-4-11-22)26-13-15-30-16-14-26/h5-8H,2-4,9-17H2,1H3,(H,24,27)(H2,23,25,28). The molecule has 1 aromatic carbocycles. The maximum absolute atomic E-state index is 12.4. The van der Waals surface area contributed by atoms with Gasteiger partial charge in [0.15, 0.2) is 0 Å². The van der Waals surface area contributed by atoms with Crippen molar-refractivity contribution in [1.82, 2.24) is 15.5 Å². The van der Waals surface area contributed by atoms with E-state index in [9.17, 15) is 9.59 Å². The zero-order chi connectivity index (χ0) is 21.2. The number of hydrogen-bond donors (Lipinski definition) is 3. The van der Waals surface area contributed by atoms with Gasteiger partial charge in [0.25, 0.3) is 0 Å². The molecule has 1 saturated carbocycles. The van der Waals surface area contributed by atoms with Crippen molar-refractivity contribution in [2.45, 2.75) is 44.1 Å². The summed E-state index contributed by atoms with van der Waals surface area (Å²) in [5.74, 6) is 0.698. The molecule has 1 aliphatic heterocycles. The Morgan fingerprint density at radius 1 is 1.07 bits per heavy atom. The van der Waals surface area contributed by atoms with Crippen LogP contribution in [0.3, 0.4) is 0 Å². The lowest BCUT2D eigenvalue weighted by atomic mass is 9.79. The Morgan fingerprint density at radius 3 is 2.43 bits per heavy atom. The van der Waals surface area contributed by atoms with E-state index in [2.05, 4.69) is 20.9 Å². The van der Waals surface area contributed by atoms with Crippen LogP contribution in [0, 0.1) is 0 Å². The minimum atomic E-state index is -0.329. The maximum atomic E-state index is 12.4. The van der Waals surface area contributed by atoms with E-state index in [1.807, 2.05) is 0 Å². The normalized spacial score (nSPS) is 19.0. The predicted octanol–water partition coefficient (Wildman–Crippen LogP) is 2.36. The topological polar surface area (TPSA) is 91.9 Å². The van der Waals surface area contributed by atoms with Crippen LogP contribution >= 0.6 is 0 Å². The van der Waals surface area contributed by atoms with Gasteiger partial charge in [-0.1, -0.05) is 19.3 Å². The highest BCUT2D eigenvalue weighted by Gasteiger charge is 2.38. The van der Waals surface area contributed by atoms with E-state index in [1.165, 1.54) is 19.3 Å². The average molecular weight is 419 g/mol. The molecule has 0 aromatic heterocycles. The quantitative estimate of drug-likeness (QED) is 0.603. The molecule has 0 spiro atoms. The number of carbonyl (C=O) groups excluding carboxylic acids is 2. The van der Waals surface area contributed by atoms with Gasteiger partial charge in [-0.05, 0) is 37.1 Å². The first-order valence-electron chi connectivity index (χ1n) is 10.9. The van der Waals surface area contributed by atoms with Crippen LogP contribution in [0.15, 0.2) is 24.3 Å². The minimum absolute atomic E-state index is 0.0297. The Balaban J connectivity index is 1.39. The van der Waals surface area contributed by atoms with Gasteiger partial charge in [0, 0.05) is 43.8 Å². The van der Waals surface area contributed by atoms with Crippen molar-refractivity contribution in [2.75, 3.05) is 51.8 Å². The van der Waals surface area contributed by atoms with E-state index in [4.69, 9.17) is 9.47 Å². The van der Waals surface area contributed by atoms with Crippen molar-refractivity contribution in [2.24, 2.45) is 0 Å². The van der Waals surface area contributed by atoms with Crippen molar-refractivity contribution in [3.05, 3.63) is 24.3 Å². The Morgan fingerprint density at radius 2 is 1.77 bits per heavy atom. The average Bonchev–Trinajstić information content (AvgIpc) is 2.79. The fourth-order valence-corrected chi connectivity index (χ4v) is 4.34. The van der Waals surface area contributed by atoms with Crippen LogP contribution < -0.4 is 20.7 Å². The van der Waals surface area contributed by atoms with Crippen molar-refractivity contribution in [1.29, 1.82) is 0 Å². The first-order valence-corrected chi connectivity index (χ1v) is 10.9. The predicted molar refractivity (Wildman–Crippen MR) is 116 cm³/mol. The van der Waals surface area contributed by atoms with E-state index < -0.39 is 0 Å². The third-order valence-electron chi connectivity index (χ3n) is 6.07. The number of methoxy groups -OCH3 is 1. The third-order valence-corrected chi connectivity index (χ3v) is 6.07. The van der Waals surface area contributed by atoms with Gasteiger partial charge in [0.1, 0.15) is 5.75 Å². The summed E-state index contributed by atoms with van der Waals surface area (Å²) in [6.07, 6.45) is 6.19. The molecule has 8 heteroatoms. The molecular formula is C22H34N4O4. The Hall–Kier alpha value is -2.32. The lowest BCUT2D eigenvalue weighted by molar-refractivity contribution is -0.122. The number of benzene rings is 1. The minimum Gasteiger partial charge on any atom is -0.497 e. The van der Waals surface area contributed by atoms with E-state index in [0.717, 1.165) is 44.9 Å². The molecule has 3 amide bonds. The van der Waals surface area contributed by atoms with Crippen molar-refractivity contribution < 1.29 is 19.1 Å². The van der Waals surface area contributed by atoms with Gasteiger partial charge in [-0.2, -0.15) is 0 Å². The molecule has 3 rings (SSSR count). The molecule has 0 unspecified atom stereocenters. The SMILES string of the molecule is COc1ccc(NC(=O)NCCC(=O)NCC2(N3CCOCC3)CCCCC2)cc1. The number of nitrogens with zero attached hydrogens (tertiary/aromatic N) is 1. The van der Waals surface area contributed by atoms with Crippen LogP contribution in [0.2, 0.25) is 0 Å². The molecule has 1 heterocycles. The molecule has 30 heavy (non-hydrogen) atoms. The second-order valence-electron chi connectivity index (χ2n) is 8.02. The number of ether oxygens (including phenoxy) is 2. The lowest BCUT2D eigenvalue weighted by Crippen LogP contribution is -2.59. The van der Waals surface area contributed by atoms with Gasteiger partial charge in [-0.15, -0.1) is 0 Å². The van der Waals surface area contributed by atoms with Crippen LogP contribution in [0.5, 0.6) is 5.75 Å². The van der Waals surface area contributed by atoms with Crippen LogP contribution in [0.4, 0.5) is 10.5 Å². The number of hydrogen-bond acceptors (Lipinski definition) is 5. The summed E-state index contributed by atoms with van der Waals surface area (Å²) in [5.41, 5.74) is 0.721. The van der Waals surface area contributed by atoms with Gasteiger partial charge in [0.2, 0.25) is 5.91 Å². The van der Waals surface area contributed by atoms with Gasteiger partial charge in [-0.25, -0.2) is 4.79 Å². The number of morpholine rings is 1. The fourth-order valence-electron chi connectivity index (χ4n) is 4.34. The first-order chi connectivity index (χ1) is 14.6. The van der Waals surface area contributed by atoms with Gasteiger partial charge in [-0.3, -0.25) is 9.69 Å². The molecule has 166 valence electrons. The Kier molecular flexibility index (Phi) is 8.33. The Bertz CT molecular complexity index is 683. The van der Waals surface area contributed by atoms with Crippen LogP contribution in [-0.2, 0) is 9.53 Å². The molecule has 2 aliphatic rings. The molecule has 1 saturated heterocycles. The third kappa shape index (κ3) is 6.34. The summed E-state index contributed by atoms with van der Waals surface area (Å²) in [7, 11) is 1.59. The highest BCUT2D eigenvalue weighted by atomic mass is 16.5. The monoisotopic (exact) mass is 418 g/mol. The number of carbonyl (C=O) groups is 2. The molecule has 1 aromatic rings. The summed E-state index contributed by atoms with van der Waals surface area (Å²) in [6.45, 7) is 4.36. The second kappa shape index (κ2) is 11.2. The number of amides is 3. The number of rotatable bonds is 8. The second-order valence-corrected chi connectivity index (χ2v) is 8.02. The lowest BCUT2D eigenvalue weighted by Gasteiger charge is -2.48. The van der Waals surface area contributed by atoms with Crippen LogP contribution in [0.25, 0.3) is 0 Å². The first kappa shape index (κ1) is 22.4. The zero-order valence-corrected chi connectivity index (χ0v) is 17.9. The van der Waals surface area contributed by atoms with E-state index in [0.29, 0.717) is 18.8 Å². The Labute approximate surface area is 178 Å². The number of urea groups is 1. The smallest absolute Gasteiger partial charge is 0.319 e. The van der Waals surface area contributed by atoms with Gasteiger partial charge < -0.3 is 25.4 Å². The molecule has 3 N–H and O–H groups in total. The van der Waals surface area contributed by atoms with Crippen LogP contribution in [-0.4, -0.2) is 68.9 Å². The number of nitrogens with one attached hydrogen (secondary N) is 3. The highest BCUT2D eigenvalue weighted by Crippen LogP contribution is 2.33. The summed E-state index contributed by atoms with van der Waals surface area (Å²) in [6, 6.07) is 6.75. The molecule has 2 fully saturated rings. The molecular weight excluding hydrogens is 384 g/mol. The van der Waals surface area contributed by atoms with Gasteiger partial charge >= 0.3 is 6.03 Å². The summed E-state index contributed by atoms with van der Waals surface area (Å²) >= 11 is 0. The molecule has 0 bridgehead atoms. The summed E-state index contributed by atoms with van der Waals surface area (Å²) in [4.78, 5) is 26.9. The molecule has 1 aliphatic carbocycles. The number of anilines is 1. The fraction of sp³-hybridized carbons (Fsp3) is 0.636. The summed E-state index contributed by atoms with van der Waals surface area (Å²) in [5, 5.41) is 8.60. The molecule has 0 atom stereocenters. The van der Waals surface area contributed by atoms with Crippen molar-refractivity contribution in [3.63, 3.8) is 0 Å². The van der Waals surface area contributed by atoms with Gasteiger partial charge in [0.05, 0.1) is 20.3 Å². The molecule has 8 nitrogen and oxygen atoms in total. The van der Waals surface area contributed by atoms with E-state index >= 15 is 0 Å². The van der Waals surface area contributed by atoms with E-state index in [-0.39, 0.29) is 23.9 Å². The molecule has 0 radical (unpaired) electrons. The summed E-state index contributed by atoms with van der Waals surface area (Å²) < 4.78 is 10.6.